The van der Waals surface area contributed by atoms with Crippen molar-refractivity contribution in [2.24, 2.45) is 0 Å². The average Bonchev–Trinajstić information content (AvgIpc) is 2.64. The van der Waals surface area contributed by atoms with E-state index in [0.29, 0.717) is 18.2 Å². The molecule has 0 atom stereocenters. The Morgan fingerprint density at radius 3 is 2.80 bits per heavy atom. The molecule has 0 unspecified atom stereocenters. The number of amides is 1. The molecule has 0 aliphatic carbocycles. The monoisotopic (exact) mass is 229 g/mol. The number of hydrogen-bond donors (Lipinski definition) is 1. The molecule has 0 spiro atoms. The molecule has 0 aromatic carbocycles. The Morgan fingerprint density at radius 1 is 1.40 bits per heavy atom. The Balaban J connectivity index is 2.19. The molecule has 1 heterocycles. The number of aryl methyl sites for hydroxylation is 1. The van der Waals surface area contributed by atoms with Crippen molar-refractivity contribution in [2.45, 2.75) is 26.2 Å². The van der Waals surface area contributed by atoms with Crippen LogP contribution >= 0.6 is 11.6 Å². The van der Waals surface area contributed by atoms with Crippen molar-refractivity contribution >= 4 is 17.5 Å². The van der Waals surface area contributed by atoms with E-state index in [0.717, 1.165) is 25.0 Å². The predicted molar refractivity (Wildman–Crippen MR) is 60.3 cm³/mol. The zero-order chi connectivity index (χ0) is 11.1. The van der Waals surface area contributed by atoms with E-state index in [4.69, 9.17) is 16.0 Å². The quantitative estimate of drug-likeness (QED) is 0.602. The molecule has 1 amide bonds. The van der Waals surface area contributed by atoms with E-state index < -0.39 is 0 Å². The molecule has 0 aliphatic heterocycles. The second kappa shape index (κ2) is 6.51. The summed E-state index contributed by atoms with van der Waals surface area (Å²) in [6.45, 7) is 2.49. The van der Waals surface area contributed by atoms with E-state index in [9.17, 15) is 4.79 Å². The largest absolute Gasteiger partial charge is 0.456 e. The molecule has 1 aromatic rings. The third kappa shape index (κ3) is 4.38. The van der Waals surface area contributed by atoms with Crippen LogP contribution in [0.15, 0.2) is 16.5 Å². The van der Waals surface area contributed by atoms with Crippen LogP contribution in [0.25, 0.3) is 0 Å². The van der Waals surface area contributed by atoms with Crippen molar-refractivity contribution < 1.29 is 9.21 Å². The number of alkyl halides is 1. The van der Waals surface area contributed by atoms with Crippen LogP contribution in [0.4, 0.5) is 0 Å². The molecule has 84 valence electrons. The van der Waals surface area contributed by atoms with Crippen LogP contribution in [0.5, 0.6) is 0 Å². The van der Waals surface area contributed by atoms with Gasteiger partial charge in [0.2, 0.25) is 0 Å². The van der Waals surface area contributed by atoms with Gasteiger partial charge in [-0.25, -0.2) is 0 Å². The first kappa shape index (κ1) is 12.1. The summed E-state index contributed by atoms with van der Waals surface area (Å²) in [5.74, 6) is 1.67. The second-order valence-corrected chi connectivity index (χ2v) is 3.79. The number of rotatable bonds is 6. The first-order valence-corrected chi connectivity index (χ1v) is 5.68. The normalized spacial score (nSPS) is 10.3. The standard InChI is InChI=1S/C11H16ClNO2/c1-9-5-6-10(15-9)11(14)13-8-4-2-3-7-12/h5-6H,2-4,7-8H2,1H3,(H,13,14). The topological polar surface area (TPSA) is 42.2 Å². The highest BCUT2D eigenvalue weighted by atomic mass is 35.5. The summed E-state index contributed by atoms with van der Waals surface area (Å²) in [5, 5.41) is 2.80. The molecule has 1 aromatic heterocycles. The minimum Gasteiger partial charge on any atom is -0.456 e. The maximum absolute atomic E-state index is 11.5. The lowest BCUT2D eigenvalue weighted by atomic mass is 10.2. The molecule has 1 N–H and O–H groups in total. The van der Waals surface area contributed by atoms with Crippen molar-refractivity contribution in [3.8, 4) is 0 Å². The third-order valence-corrected chi connectivity index (χ3v) is 2.33. The molecule has 1 rings (SSSR count). The van der Waals surface area contributed by atoms with Gasteiger partial charge in [0.1, 0.15) is 5.76 Å². The summed E-state index contributed by atoms with van der Waals surface area (Å²) in [4.78, 5) is 11.5. The molecule has 3 nitrogen and oxygen atoms in total. The highest BCUT2D eigenvalue weighted by Gasteiger charge is 2.08. The SMILES string of the molecule is Cc1ccc(C(=O)NCCCCCCl)o1. The number of halogens is 1. The van der Waals surface area contributed by atoms with Crippen LogP contribution < -0.4 is 5.32 Å². The van der Waals surface area contributed by atoms with E-state index in [1.807, 2.05) is 6.92 Å². The van der Waals surface area contributed by atoms with Crippen molar-refractivity contribution in [3.63, 3.8) is 0 Å². The highest BCUT2D eigenvalue weighted by molar-refractivity contribution is 6.17. The number of carbonyl (C=O) groups is 1. The summed E-state index contributed by atoms with van der Waals surface area (Å²) in [6.07, 6.45) is 3.00. The Kier molecular flexibility index (Phi) is 5.26. The van der Waals surface area contributed by atoms with Crippen LogP contribution in [-0.4, -0.2) is 18.3 Å². The lowest BCUT2D eigenvalue weighted by molar-refractivity contribution is 0.0924. The number of unbranched alkanes of at least 4 members (excludes halogenated alkanes) is 2. The fourth-order valence-electron chi connectivity index (χ4n) is 1.24. The van der Waals surface area contributed by atoms with Gasteiger partial charge < -0.3 is 9.73 Å². The first-order chi connectivity index (χ1) is 7.24. The summed E-state index contributed by atoms with van der Waals surface area (Å²) < 4.78 is 5.19. The van der Waals surface area contributed by atoms with Gasteiger partial charge in [0.15, 0.2) is 5.76 Å². The summed E-state index contributed by atoms with van der Waals surface area (Å²) in [7, 11) is 0. The first-order valence-electron chi connectivity index (χ1n) is 5.14. The number of hydrogen-bond acceptors (Lipinski definition) is 2. The molecule has 0 aliphatic rings. The molecule has 15 heavy (non-hydrogen) atoms. The van der Waals surface area contributed by atoms with Crippen LogP contribution in [-0.2, 0) is 0 Å². The van der Waals surface area contributed by atoms with E-state index in [1.54, 1.807) is 12.1 Å². The second-order valence-electron chi connectivity index (χ2n) is 3.42. The lowest BCUT2D eigenvalue weighted by Crippen LogP contribution is -2.23. The molecule has 0 fully saturated rings. The van der Waals surface area contributed by atoms with Gasteiger partial charge in [-0.1, -0.05) is 6.42 Å². The zero-order valence-electron chi connectivity index (χ0n) is 8.88. The van der Waals surface area contributed by atoms with Crippen molar-refractivity contribution in [2.75, 3.05) is 12.4 Å². The Hall–Kier alpha value is -0.960. The van der Waals surface area contributed by atoms with E-state index >= 15 is 0 Å². The van der Waals surface area contributed by atoms with Crippen molar-refractivity contribution in [1.82, 2.24) is 5.32 Å². The molecular weight excluding hydrogens is 214 g/mol. The molecule has 0 saturated carbocycles. The van der Waals surface area contributed by atoms with Gasteiger partial charge >= 0.3 is 0 Å². The van der Waals surface area contributed by atoms with Gasteiger partial charge in [-0.15, -0.1) is 11.6 Å². The van der Waals surface area contributed by atoms with E-state index in [2.05, 4.69) is 5.32 Å². The fourth-order valence-corrected chi connectivity index (χ4v) is 1.43. The van der Waals surface area contributed by atoms with Gasteiger partial charge in [-0.05, 0) is 31.9 Å². The van der Waals surface area contributed by atoms with Gasteiger partial charge in [0.25, 0.3) is 5.91 Å². The van der Waals surface area contributed by atoms with Gasteiger partial charge in [0.05, 0.1) is 0 Å². The zero-order valence-corrected chi connectivity index (χ0v) is 9.64. The molecule has 0 radical (unpaired) electrons. The van der Waals surface area contributed by atoms with Crippen molar-refractivity contribution in [3.05, 3.63) is 23.7 Å². The molecule has 4 heteroatoms. The summed E-state index contributed by atoms with van der Waals surface area (Å²) in [6, 6.07) is 3.46. The molecule has 0 bridgehead atoms. The summed E-state index contributed by atoms with van der Waals surface area (Å²) >= 11 is 5.54. The molecular formula is C11H16ClNO2. The van der Waals surface area contributed by atoms with Crippen LogP contribution in [0.2, 0.25) is 0 Å². The molecule has 0 saturated heterocycles. The lowest BCUT2D eigenvalue weighted by Gasteiger charge is -2.01. The third-order valence-electron chi connectivity index (χ3n) is 2.06. The Morgan fingerprint density at radius 2 is 2.20 bits per heavy atom. The Labute approximate surface area is 94.8 Å². The summed E-state index contributed by atoms with van der Waals surface area (Å²) in [5.41, 5.74) is 0. The number of furan rings is 1. The maximum Gasteiger partial charge on any atom is 0.286 e. The van der Waals surface area contributed by atoms with Crippen LogP contribution in [0.3, 0.4) is 0 Å². The average molecular weight is 230 g/mol. The number of nitrogens with one attached hydrogen (secondary N) is 1. The number of carbonyl (C=O) groups excluding carboxylic acids is 1. The van der Waals surface area contributed by atoms with E-state index in [-0.39, 0.29) is 5.91 Å². The predicted octanol–water partition coefficient (Wildman–Crippen LogP) is 2.73. The fraction of sp³-hybridized carbons (Fsp3) is 0.545. The maximum atomic E-state index is 11.5. The van der Waals surface area contributed by atoms with E-state index in [1.165, 1.54) is 0 Å². The van der Waals surface area contributed by atoms with Crippen LogP contribution in [0, 0.1) is 6.92 Å². The van der Waals surface area contributed by atoms with Gasteiger partial charge in [-0.2, -0.15) is 0 Å². The Bertz CT molecular complexity index is 309. The minimum atomic E-state index is -0.144. The highest BCUT2D eigenvalue weighted by Crippen LogP contribution is 2.05. The van der Waals surface area contributed by atoms with Crippen LogP contribution in [0.1, 0.15) is 35.6 Å². The minimum absolute atomic E-state index is 0.144. The smallest absolute Gasteiger partial charge is 0.286 e. The van der Waals surface area contributed by atoms with Crippen molar-refractivity contribution in [1.29, 1.82) is 0 Å². The van der Waals surface area contributed by atoms with Gasteiger partial charge in [-0.3, -0.25) is 4.79 Å². The van der Waals surface area contributed by atoms with Gasteiger partial charge in [0, 0.05) is 12.4 Å².